The van der Waals surface area contributed by atoms with Crippen LogP contribution in [-0.4, -0.2) is 49.1 Å². The fraction of sp³-hybridized carbons (Fsp3) is 0.933. The van der Waals surface area contributed by atoms with Gasteiger partial charge in [0.25, 0.3) is 0 Å². The normalized spacial score (nSPS) is 19.6. The van der Waals surface area contributed by atoms with Crippen molar-refractivity contribution < 1.29 is 4.79 Å². The molecule has 2 N–H and O–H groups in total. The Balaban J connectivity index is 2.26. The largest absolute Gasteiger partial charge is 0.353 e. The van der Waals surface area contributed by atoms with Crippen molar-refractivity contribution in [3.05, 3.63) is 0 Å². The molecule has 1 aliphatic rings. The van der Waals surface area contributed by atoms with Crippen molar-refractivity contribution in [2.24, 2.45) is 5.92 Å². The molecule has 112 valence electrons. The lowest BCUT2D eigenvalue weighted by Crippen LogP contribution is -2.50. The molecule has 19 heavy (non-hydrogen) atoms. The molecule has 1 fully saturated rings. The van der Waals surface area contributed by atoms with Crippen LogP contribution < -0.4 is 10.6 Å². The first-order chi connectivity index (χ1) is 9.04. The molecule has 0 saturated carbocycles. The van der Waals surface area contributed by atoms with Crippen LogP contribution in [0.15, 0.2) is 0 Å². The molecule has 1 aliphatic heterocycles. The van der Waals surface area contributed by atoms with Gasteiger partial charge in [0.15, 0.2) is 0 Å². The molecule has 1 heterocycles. The summed E-state index contributed by atoms with van der Waals surface area (Å²) in [5, 5.41) is 6.50. The maximum absolute atomic E-state index is 12.0. The Morgan fingerprint density at radius 3 is 2.42 bits per heavy atom. The maximum atomic E-state index is 12.0. The lowest BCUT2D eigenvalue weighted by molar-refractivity contribution is -0.126. The lowest BCUT2D eigenvalue weighted by atomic mass is 9.95. The topological polar surface area (TPSA) is 44.4 Å². The van der Waals surface area contributed by atoms with Crippen LogP contribution in [0.3, 0.4) is 0 Å². The summed E-state index contributed by atoms with van der Waals surface area (Å²) in [5.74, 6) is 0.945. The van der Waals surface area contributed by atoms with Gasteiger partial charge >= 0.3 is 0 Å². The van der Waals surface area contributed by atoms with E-state index in [-0.39, 0.29) is 18.0 Å². The fourth-order valence-electron chi connectivity index (χ4n) is 2.60. The second-order valence-corrected chi connectivity index (χ2v) is 6.02. The van der Waals surface area contributed by atoms with Crippen molar-refractivity contribution in [2.75, 3.05) is 26.2 Å². The highest BCUT2D eigenvalue weighted by Gasteiger charge is 2.26. The zero-order chi connectivity index (χ0) is 14.3. The van der Waals surface area contributed by atoms with Crippen LogP contribution in [0.5, 0.6) is 0 Å². The van der Waals surface area contributed by atoms with Crippen LogP contribution in [0.1, 0.15) is 47.0 Å². The molecule has 1 rings (SSSR count). The Labute approximate surface area is 118 Å². The molecule has 1 saturated heterocycles. The standard InChI is InChI=1S/C15H31N3O/c1-5-8-16-11-14-6-9-18(10-7-14)13(4)15(19)17-12(2)3/h12-14,16H,5-11H2,1-4H3,(H,17,19). The minimum absolute atomic E-state index is 0.00644. The molecular formula is C15H31N3O. The van der Waals surface area contributed by atoms with Crippen LogP contribution in [0.25, 0.3) is 0 Å². The van der Waals surface area contributed by atoms with E-state index in [0.29, 0.717) is 0 Å². The Morgan fingerprint density at radius 2 is 1.89 bits per heavy atom. The molecule has 0 aromatic rings. The number of hydrogen-bond donors (Lipinski definition) is 2. The predicted octanol–water partition coefficient (Wildman–Crippen LogP) is 1.61. The summed E-state index contributed by atoms with van der Waals surface area (Å²) < 4.78 is 0. The van der Waals surface area contributed by atoms with E-state index in [1.54, 1.807) is 0 Å². The van der Waals surface area contributed by atoms with E-state index in [0.717, 1.165) is 32.1 Å². The average molecular weight is 269 g/mol. The molecule has 0 spiro atoms. The number of amides is 1. The van der Waals surface area contributed by atoms with Crippen LogP contribution >= 0.6 is 0 Å². The molecule has 4 heteroatoms. The Kier molecular flexibility index (Phi) is 7.39. The van der Waals surface area contributed by atoms with Gasteiger partial charge in [0, 0.05) is 6.04 Å². The molecule has 0 radical (unpaired) electrons. The monoisotopic (exact) mass is 269 g/mol. The highest BCUT2D eigenvalue weighted by atomic mass is 16.2. The van der Waals surface area contributed by atoms with Gasteiger partial charge in [0.2, 0.25) is 5.91 Å². The third-order valence-corrected chi connectivity index (χ3v) is 3.87. The summed E-state index contributed by atoms with van der Waals surface area (Å²) in [5.41, 5.74) is 0. The molecule has 0 aromatic carbocycles. The second kappa shape index (κ2) is 8.54. The Bertz CT molecular complexity index is 260. The summed E-state index contributed by atoms with van der Waals surface area (Å²) in [6.07, 6.45) is 3.61. The van der Waals surface area contributed by atoms with Gasteiger partial charge < -0.3 is 10.6 Å². The molecule has 4 nitrogen and oxygen atoms in total. The third-order valence-electron chi connectivity index (χ3n) is 3.87. The number of carbonyl (C=O) groups is 1. The van der Waals surface area contributed by atoms with E-state index in [2.05, 4.69) is 22.5 Å². The molecule has 1 amide bonds. The minimum atomic E-state index is 0.00644. The number of piperidine rings is 1. The summed E-state index contributed by atoms with van der Waals surface area (Å²) in [6.45, 7) is 12.6. The quantitative estimate of drug-likeness (QED) is 0.690. The van der Waals surface area contributed by atoms with Gasteiger partial charge in [0.1, 0.15) is 0 Å². The zero-order valence-corrected chi connectivity index (χ0v) is 13.0. The number of rotatable bonds is 7. The predicted molar refractivity (Wildman–Crippen MR) is 80.2 cm³/mol. The first-order valence-corrected chi connectivity index (χ1v) is 7.79. The average Bonchev–Trinajstić information content (AvgIpc) is 2.38. The van der Waals surface area contributed by atoms with Gasteiger partial charge in [-0.25, -0.2) is 0 Å². The van der Waals surface area contributed by atoms with Crippen molar-refractivity contribution in [1.82, 2.24) is 15.5 Å². The van der Waals surface area contributed by atoms with E-state index >= 15 is 0 Å². The zero-order valence-electron chi connectivity index (χ0n) is 13.0. The highest BCUT2D eigenvalue weighted by molar-refractivity contribution is 5.81. The Morgan fingerprint density at radius 1 is 1.26 bits per heavy atom. The van der Waals surface area contributed by atoms with Gasteiger partial charge in [-0.1, -0.05) is 6.92 Å². The van der Waals surface area contributed by atoms with E-state index in [1.807, 2.05) is 20.8 Å². The minimum Gasteiger partial charge on any atom is -0.353 e. The van der Waals surface area contributed by atoms with Gasteiger partial charge in [-0.05, 0) is 72.1 Å². The molecule has 1 unspecified atom stereocenters. The van der Waals surface area contributed by atoms with E-state index < -0.39 is 0 Å². The van der Waals surface area contributed by atoms with Gasteiger partial charge in [-0.15, -0.1) is 0 Å². The van der Waals surface area contributed by atoms with Gasteiger partial charge in [-0.2, -0.15) is 0 Å². The van der Waals surface area contributed by atoms with Crippen molar-refractivity contribution in [3.8, 4) is 0 Å². The van der Waals surface area contributed by atoms with Gasteiger partial charge in [0.05, 0.1) is 6.04 Å². The number of nitrogens with zero attached hydrogens (tertiary/aromatic N) is 1. The van der Waals surface area contributed by atoms with Crippen molar-refractivity contribution >= 4 is 5.91 Å². The van der Waals surface area contributed by atoms with Gasteiger partial charge in [-0.3, -0.25) is 9.69 Å². The summed E-state index contributed by atoms with van der Waals surface area (Å²) in [7, 11) is 0. The van der Waals surface area contributed by atoms with Crippen molar-refractivity contribution in [1.29, 1.82) is 0 Å². The van der Waals surface area contributed by atoms with Crippen LogP contribution in [0, 0.1) is 5.92 Å². The number of carbonyl (C=O) groups excluding carboxylic acids is 1. The highest BCUT2D eigenvalue weighted by Crippen LogP contribution is 2.18. The molecule has 0 aliphatic carbocycles. The lowest BCUT2D eigenvalue weighted by Gasteiger charge is -2.35. The SMILES string of the molecule is CCCNCC1CCN(C(C)C(=O)NC(C)C)CC1. The molecule has 1 atom stereocenters. The van der Waals surface area contributed by atoms with E-state index in [1.165, 1.54) is 19.3 Å². The third kappa shape index (κ3) is 5.91. The van der Waals surface area contributed by atoms with Crippen molar-refractivity contribution in [3.63, 3.8) is 0 Å². The van der Waals surface area contributed by atoms with Crippen molar-refractivity contribution in [2.45, 2.75) is 59.0 Å². The Hall–Kier alpha value is -0.610. The van der Waals surface area contributed by atoms with E-state index in [4.69, 9.17) is 0 Å². The first kappa shape index (κ1) is 16.4. The molecule has 0 bridgehead atoms. The van der Waals surface area contributed by atoms with E-state index in [9.17, 15) is 4.79 Å². The summed E-state index contributed by atoms with van der Waals surface area (Å²) >= 11 is 0. The molecule has 0 aromatic heterocycles. The number of nitrogens with one attached hydrogen (secondary N) is 2. The first-order valence-electron chi connectivity index (χ1n) is 7.79. The molecular weight excluding hydrogens is 238 g/mol. The second-order valence-electron chi connectivity index (χ2n) is 6.02. The fourth-order valence-corrected chi connectivity index (χ4v) is 2.60. The van der Waals surface area contributed by atoms with Crippen LogP contribution in [0.4, 0.5) is 0 Å². The van der Waals surface area contributed by atoms with Crippen LogP contribution in [0.2, 0.25) is 0 Å². The smallest absolute Gasteiger partial charge is 0.237 e. The maximum Gasteiger partial charge on any atom is 0.237 e. The summed E-state index contributed by atoms with van der Waals surface area (Å²) in [4.78, 5) is 14.3. The van der Waals surface area contributed by atoms with Crippen LogP contribution in [-0.2, 0) is 4.79 Å². The number of hydrogen-bond acceptors (Lipinski definition) is 3. The number of likely N-dealkylation sites (tertiary alicyclic amines) is 1. The summed E-state index contributed by atoms with van der Waals surface area (Å²) in [6, 6.07) is 0.234.